The molecule has 0 atom stereocenters. The van der Waals surface area contributed by atoms with Crippen molar-refractivity contribution in [3.05, 3.63) is 18.0 Å². The summed E-state index contributed by atoms with van der Waals surface area (Å²) in [5, 5.41) is 20.2. The van der Waals surface area contributed by atoms with Gasteiger partial charge < -0.3 is 15.5 Å². The highest BCUT2D eigenvalue weighted by Crippen LogP contribution is 2.22. The van der Waals surface area contributed by atoms with E-state index in [9.17, 15) is 4.79 Å². The second-order valence-electron chi connectivity index (χ2n) is 2.14. The van der Waals surface area contributed by atoms with Crippen LogP contribution in [0.4, 0.5) is 0 Å². The molecule has 0 spiro atoms. The van der Waals surface area contributed by atoms with Gasteiger partial charge in [-0.3, -0.25) is 4.79 Å². The van der Waals surface area contributed by atoms with E-state index in [0.717, 1.165) is 12.3 Å². The number of nitrogens with zero attached hydrogens (tertiary/aromatic N) is 1. The SMILES string of the molecule is CNC(=O)c1cc(O)c(O)cn1. The Morgan fingerprint density at radius 2 is 2.17 bits per heavy atom. The first-order chi connectivity index (χ1) is 5.65. The topological polar surface area (TPSA) is 82.5 Å². The zero-order valence-corrected chi connectivity index (χ0v) is 6.40. The van der Waals surface area contributed by atoms with Crippen molar-refractivity contribution in [3.63, 3.8) is 0 Å². The number of amides is 1. The molecular formula is C7H8N2O3. The van der Waals surface area contributed by atoms with Crippen molar-refractivity contribution in [1.82, 2.24) is 10.3 Å². The van der Waals surface area contributed by atoms with Crippen LogP contribution in [0.3, 0.4) is 0 Å². The maximum Gasteiger partial charge on any atom is 0.269 e. The Morgan fingerprint density at radius 1 is 1.50 bits per heavy atom. The van der Waals surface area contributed by atoms with Crippen molar-refractivity contribution in [2.75, 3.05) is 7.05 Å². The van der Waals surface area contributed by atoms with Crippen LogP contribution in [0.2, 0.25) is 0 Å². The largest absolute Gasteiger partial charge is 0.504 e. The van der Waals surface area contributed by atoms with Crippen molar-refractivity contribution in [1.29, 1.82) is 0 Å². The molecule has 5 heteroatoms. The first-order valence-corrected chi connectivity index (χ1v) is 3.25. The molecule has 0 bridgehead atoms. The molecule has 0 aromatic carbocycles. The number of pyridine rings is 1. The molecule has 64 valence electrons. The van der Waals surface area contributed by atoms with Gasteiger partial charge >= 0.3 is 0 Å². The third kappa shape index (κ3) is 1.45. The first kappa shape index (κ1) is 8.32. The molecular weight excluding hydrogens is 160 g/mol. The van der Waals surface area contributed by atoms with Crippen molar-refractivity contribution < 1.29 is 15.0 Å². The van der Waals surface area contributed by atoms with Crippen LogP contribution in [0.5, 0.6) is 11.5 Å². The number of aromatic hydroxyl groups is 2. The van der Waals surface area contributed by atoms with E-state index in [-0.39, 0.29) is 17.2 Å². The molecule has 12 heavy (non-hydrogen) atoms. The van der Waals surface area contributed by atoms with Gasteiger partial charge in [-0.25, -0.2) is 4.98 Å². The molecule has 0 aliphatic heterocycles. The molecule has 1 aromatic rings. The molecule has 1 heterocycles. The second-order valence-corrected chi connectivity index (χ2v) is 2.14. The predicted molar refractivity (Wildman–Crippen MR) is 41.0 cm³/mol. The Balaban J connectivity index is 3.05. The highest BCUT2D eigenvalue weighted by atomic mass is 16.3. The molecule has 0 aliphatic rings. The standard InChI is InChI=1S/C7H8N2O3/c1-8-7(12)4-2-5(10)6(11)3-9-4/h2-3,11H,1H3,(H,8,12)(H,9,10). The number of rotatable bonds is 1. The van der Waals surface area contributed by atoms with Gasteiger partial charge in [0.25, 0.3) is 5.91 Å². The summed E-state index contributed by atoms with van der Waals surface area (Å²) < 4.78 is 0. The zero-order valence-electron chi connectivity index (χ0n) is 6.40. The van der Waals surface area contributed by atoms with Gasteiger partial charge in [-0.1, -0.05) is 0 Å². The van der Waals surface area contributed by atoms with Crippen LogP contribution in [0.1, 0.15) is 10.5 Å². The molecule has 0 saturated carbocycles. The highest BCUT2D eigenvalue weighted by Gasteiger charge is 2.07. The molecule has 0 aliphatic carbocycles. The average molecular weight is 168 g/mol. The van der Waals surface area contributed by atoms with E-state index in [2.05, 4.69) is 10.3 Å². The number of aromatic nitrogens is 1. The van der Waals surface area contributed by atoms with Gasteiger partial charge in [0, 0.05) is 13.1 Å². The second kappa shape index (κ2) is 3.08. The van der Waals surface area contributed by atoms with E-state index in [0.29, 0.717) is 0 Å². The lowest BCUT2D eigenvalue weighted by Gasteiger charge is -2.00. The number of carbonyl (C=O) groups is 1. The third-order valence-corrected chi connectivity index (χ3v) is 1.32. The van der Waals surface area contributed by atoms with Crippen LogP contribution in [0.25, 0.3) is 0 Å². The summed E-state index contributed by atoms with van der Waals surface area (Å²) in [4.78, 5) is 14.5. The van der Waals surface area contributed by atoms with Gasteiger partial charge in [0.05, 0.1) is 6.20 Å². The van der Waals surface area contributed by atoms with Gasteiger partial charge in [0.2, 0.25) is 0 Å². The quantitative estimate of drug-likeness (QED) is 0.544. The molecule has 0 saturated heterocycles. The Hall–Kier alpha value is -1.78. The smallest absolute Gasteiger partial charge is 0.269 e. The number of hydrogen-bond acceptors (Lipinski definition) is 4. The lowest BCUT2D eigenvalue weighted by atomic mass is 10.3. The van der Waals surface area contributed by atoms with Crippen LogP contribution >= 0.6 is 0 Å². The lowest BCUT2D eigenvalue weighted by Crippen LogP contribution is -2.18. The molecule has 1 rings (SSSR count). The molecule has 1 amide bonds. The summed E-state index contributed by atoms with van der Waals surface area (Å²) >= 11 is 0. The predicted octanol–water partition coefficient (Wildman–Crippen LogP) is -0.148. The van der Waals surface area contributed by atoms with E-state index in [1.54, 1.807) is 0 Å². The minimum Gasteiger partial charge on any atom is -0.504 e. The summed E-state index contributed by atoms with van der Waals surface area (Å²) in [6.45, 7) is 0. The van der Waals surface area contributed by atoms with E-state index >= 15 is 0 Å². The van der Waals surface area contributed by atoms with Gasteiger partial charge in [0.1, 0.15) is 5.69 Å². The fourth-order valence-corrected chi connectivity index (χ4v) is 0.690. The maximum atomic E-state index is 10.9. The normalized spacial score (nSPS) is 9.42. The summed E-state index contributed by atoms with van der Waals surface area (Å²) in [5.74, 6) is -1.11. The number of nitrogens with one attached hydrogen (secondary N) is 1. The Bertz CT molecular complexity index is 312. The van der Waals surface area contributed by atoms with Crippen molar-refractivity contribution in [2.24, 2.45) is 0 Å². The molecule has 3 N–H and O–H groups in total. The minimum absolute atomic E-state index is 0.0628. The Labute approximate surface area is 68.7 Å². The highest BCUT2D eigenvalue weighted by molar-refractivity contribution is 5.92. The van der Waals surface area contributed by atoms with Gasteiger partial charge in [-0.15, -0.1) is 0 Å². The van der Waals surface area contributed by atoms with Crippen LogP contribution in [0.15, 0.2) is 12.3 Å². The van der Waals surface area contributed by atoms with E-state index in [1.165, 1.54) is 7.05 Å². The van der Waals surface area contributed by atoms with Crippen LogP contribution < -0.4 is 5.32 Å². The van der Waals surface area contributed by atoms with Crippen LogP contribution in [-0.2, 0) is 0 Å². The molecule has 5 nitrogen and oxygen atoms in total. The molecule has 0 unspecified atom stereocenters. The fraction of sp³-hybridized carbons (Fsp3) is 0.143. The minimum atomic E-state index is -0.412. The zero-order chi connectivity index (χ0) is 9.14. The number of hydrogen-bond donors (Lipinski definition) is 3. The van der Waals surface area contributed by atoms with E-state index in [4.69, 9.17) is 10.2 Å². The summed E-state index contributed by atoms with van der Waals surface area (Å²) in [5.41, 5.74) is 0.0628. The molecule has 1 aromatic heterocycles. The van der Waals surface area contributed by atoms with Crippen LogP contribution in [0, 0.1) is 0 Å². The van der Waals surface area contributed by atoms with Crippen molar-refractivity contribution in [2.45, 2.75) is 0 Å². The first-order valence-electron chi connectivity index (χ1n) is 3.25. The fourth-order valence-electron chi connectivity index (χ4n) is 0.690. The third-order valence-electron chi connectivity index (χ3n) is 1.32. The van der Waals surface area contributed by atoms with E-state index in [1.807, 2.05) is 0 Å². The van der Waals surface area contributed by atoms with Crippen molar-refractivity contribution in [3.8, 4) is 11.5 Å². The number of carbonyl (C=O) groups excluding carboxylic acids is 1. The summed E-state index contributed by atoms with van der Waals surface area (Å²) in [6, 6.07) is 1.09. The Kier molecular flexibility index (Phi) is 2.14. The molecule has 0 fully saturated rings. The summed E-state index contributed by atoms with van der Waals surface area (Å²) in [6.07, 6.45) is 1.01. The van der Waals surface area contributed by atoms with E-state index < -0.39 is 5.91 Å². The van der Waals surface area contributed by atoms with Gasteiger partial charge in [-0.05, 0) is 0 Å². The monoisotopic (exact) mass is 168 g/mol. The average Bonchev–Trinajstić information content (AvgIpc) is 2.08. The Morgan fingerprint density at radius 3 is 2.67 bits per heavy atom. The maximum absolute atomic E-state index is 10.9. The van der Waals surface area contributed by atoms with Gasteiger partial charge in [-0.2, -0.15) is 0 Å². The van der Waals surface area contributed by atoms with Gasteiger partial charge in [0.15, 0.2) is 11.5 Å². The lowest BCUT2D eigenvalue weighted by molar-refractivity contribution is 0.0957. The molecule has 0 radical (unpaired) electrons. The van der Waals surface area contributed by atoms with Crippen molar-refractivity contribution >= 4 is 5.91 Å². The van der Waals surface area contributed by atoms with Crippen LogP contribution in [-0.4, -0.2) is 28.2 Å². The summed E-state index contributed by atoms with van der Waals surface area (Å²) in [7, 11) is 1.45.